The van der Waals surface area contributed by atoms with E-state index in [0.717, 1.165) is 70.9 Å². The molecule has 3 rings (SSSR count). The molecular formula is C24H39N3O. The first kappa shape index (κ1) is 21.2. The van der Waals surface area contributed by atoms with Crippen molar-refractivity contribution in [3.8, 4) is 0 Å². The van der Waals surface area contributed by atoms with Crippen LogP contribution in [0.5, 0.6) is 0 Å². The Balaban J connectivity index is 1.50. The number of carbonyl (C=O) groups excluding carboxylic acids is 1. The maximum Gasteiger partial charge on any atom is 0.222 e. The molecule has 0 spiro atoms. The highest BCUT2D eigenvalue weighted by molar-refractivity contribution is 5.76. The van der Waals surface area contributed by atoms with E-state index in [-0.39, 0.29) is 0 Å². The van der Waals surface area contributed by atoms with Gasteiger partial charge in [-0.05, 0) is 62.6 Å². The molecular weight excluding hydrogens is 346 g/mol. The average molecular weight is 386 g/mol. The molecule has 0 unspecified atom stereocenters. The van der Waals surface area contributed by atoms with Gasteiger partial charge in [-0.25, -0.2) is 0 Å². The number of carbonyl (C=O) groups is 1. The van der Waals surface area contributed by atoms with Crippen molar-refractivity contribution in [3.63, 3.8) is 0 Å². The van der Waals surface area contributed by atoms with Crippen LogP contribution in [0.25, 0.3) is 0 Å². The molecule has 156 valence electrons. The maximum absolute atomic E-state index is 12.5. The molecule has 2 saturated heterocycles. The van der Waals surface area contributed by atoms with Crippen molar-refractivity contribution in [1.82, 2.24) is 9.80 Å². The molecule has 1 amide bonds. The minimum Gasteiger partial charge on any atom is -0.369 e. The summed E-state index contributed by atoms with van der Waals surface area (Å²) in [5, 5.41) is 0. The quantitative estimate of drug-likeness (QED) is 0.733. The van der Waals surface area contributed by atoms with Gasteiger partial charge in [-0.1, -0.05) is 26.0 Å². The van der Waals surface area contributed by atoms with Gasteiger partial charge in [0.05, 0.1) is 0 Å². The number of piperazine rings is 1. The van der Waals surface area contributed by atoms with Crippen LogP contribution in [-0.4, -0.2) is 61.0 Å². The second-order valence-electron chi connectivity index (χ2n) is 9.14. The summed E-state index contributed by atoms with van der Waals surface area (Å²) in [6.07, 6.45) is 5.25. The number of nitrogens with zero attached hydrogens (tertiary/aromatic N) is 3. The SMILES string of the molecule is Cc1cccc(N2CCN([C@@H]3CCC(=O)N(CCCC(C)C)CC3)CC2)c1C. The molecule has 0 aromatic heterocycles. The Hall–Kier alpha value is -1.55. The van der Waals surface area contributed by atoms with E-state index < -0.39 is 0 Å². The first-order valence-electron chi connectivity index (χ1n) is 11.3. The van der Waals surface area contributed by atoms with E-state index in [0.29, 0.717) is 11.9 Å². The normalized spacial score (nSPS) is 22.0. The molecule has 2 heterocycles. The van der Waals surface area contributed by atoms with Crippen molar-refractivity contribution in [2.75, 3.05) is 44.2 Å². The van der Waals surface area contributed by atoms with Gasteiger partial charge >= 0.3 is 0 Å². The average Bonchev–Trinajstić information content (AvgIpc) is 2.86. The van der Waals surface area contributed by atoms with E-state index in [4.69, 9.17) is 0 Å². The second kappa shape index (κ2) is 9.78. The van der Waals surface area contributed by atoms with Crippen LogP contribution in [-0.2, 0) is 4.79 Å². The highest BCUT2D eigenvalue weighted by Gasteiger charge is 2.28. The highest BCUT2D eigenvalue weighted by atomic mass is 16.2. The lowest BCUT2D eigenvalue weighted by Crippen LogP contribution is -2.50. The van der Waals surface area contributed by atoms with E-state index in [9.17, 15) is 4.79 Å². The van der Waals surface area contributed by atoms with Crippen LogP contribution in [0, 0.1) is 19.8 Å². The van der Waals surface area contributed by atoms with Crippen molar-refractivity contribution >= 4 is 11.6 Å². The largest absolute Gasteiger partial charge is 0.369 e. The fraction of sp³-hybridized carbons (Fsp3) is 0.708. The molecule has 28 heavy (non-hydrogen) atoms. The molecule has 2 aliphatic heterocycles. The highest BCUT2D eigenvalue weighted by Crippen LogP contribution is 2.26. The monoisotopic (exact) mass is 385 g/mol. The number of benzene rings is 1. The van der Waals surface area contributed by atoms with Gasteiger partial charge in [0.25, 0.3) is 0 Å². The van der Waals surface area contributed by atoms with Crippen LogP contribution in [0.1, 0.15) is 57.1 Å². The summed E-state index contributed by atoms with van der Waals surface area (Å²) in [6.45, 7) is 15.3. The van der Waals surface area contributed by atoms with Crippen molar-refractivity contribution in [2.24, 2.45) is 5.92 Å². The van der Waals surface area contributed by atoms with Crippen LogP contribution in [0.2, 0.25) is 0 Å². The summed E-state index contributed by atoms with van der Waals surface area (Å²) in [5.41, 5.74) is 4.18. The molecule has 4 nitrogen and oxygen atoms in total. The molecule has 0 radical (unpaired) electrons. The first-order chi connectivity index (χ1) is 13.5. The zero-order valence-electron chi connectivity index (χ0n) is 18.4. The fourth-order valence-electron chi connectivity index (χ4n) is 4.72. The van der Waals surface area contributed by atoms with E-state index in [2.05, 4.69) is 60.6 Å². The molecule has 0 N–H and O–H groups in total. The van der Waals surface area contributed by atoms with Crippen molar-refractivity contribution in [2.45, 2.75) is 65.8 Å². The Morgan fingerprint density at radius 1 is 1.04 bits per heavy atom. The van der Waals surface area contributed by atoms with E-state index in [1.54, 1.807) is 0 Å². The Morgan fingerprint density at radius 2 is 1.79 bits per heavy atom. The molecule has 2 aliphatic rings. The number of rotatable bonds is 6. The second-order valence-corrected chi connectivity index (χ2v) is 9.14. The smallest absolute Gasteiger partial charge is 0.222 e. The zero-order chi connectivity index (χ0) is 20.1. The van der Waals surface area contributed by atoms with E-state index in [1.807, 2.05) is 0 Å². The lowest BCUT2D eigenvalue weighted by atomic mass is 10.0. The van der Waals surface area contributed by atoms with Gasteiger partial charge < -0.3 is 9.80 Å². The van der Waals surface area contributed by atoms with Gasteiger partial charge in [-0.2, -0.15) is 0 Å². The van der Waals surface area contributed by atoms with Gasteiger partial charge in [0, 0.05) is 57.4 Å². The van der Waals surface area contributed by atoms with Gasteiger partial charge in [-0.15, -0.1) is 0 Å². The van der Waals surface area contributed by atoms with Gasteiger partial charge in [0.2, 0.25) is 5.91 Å². The Kier molecular flexibility index (Phi) is 7.39. The van der Waals surface area contributed by atoms with Crippen LogP contribution < -0.4 is 4.90 Å². The summed E-state index contributed by atoms with van der Waals surface area (Å²) in [4.78, 5) is 19.8. The molecule has 4 heteroatoms. The van der Waals surface area contributed by atoms with Crippen LogP contribution in [0.4, 0.5) is 5.69 Å². The van der Waals surface area contributed by atoms with Crippen LogP contribution in [0.3, 0.4) is 0 Å². The fourth-order valence-corrected chi connectivity index (χ4v) is 4.72. The first-order valence-corrected chi connectivity index (χ1v) is 11.3. The molecule has 2 fully saturated rings. The number of aryl methyl sites for hydroxylation is 1. The molecule has 0 aliphatic carbocycles. The van der Waals surface area contributed by atoms with Crippen molar-refractivity contribution in [1.29, 1.82) is 0 Å². The van der Waals surface area contributed by atoms with E-state index in [1.165, 1.54) is 23.2 Å². The molecule has 0 bridgehead atoms. The van der Waals surface area contributed by atoms with Crippen molar-refractivity contribution in [3.05, 3.63) is 29.3 Å². The molecule has 1 atom stereocenters. The predicted octanol–water partition coefficient (Wildman–Crippen LogP) is 4.24. The van der Waals surface area contributed by atoms with Gasteiger partial charge in [0.15, 0.2) is 0 Å². The van der Waals surface area contributed by atoms with Crippen LogP contribution in [0.15, 0.2) is 18.2 Å². The molecule has 1 aromatic carbocycles. The minimum atomic E-state index is 0.375. The minimum absolute atomic E-state index is 0.375. The topological polar surface area (TPSA) is 26.8 Å². The Bertz CT molecular complexity index is 649. The number of hydrogen-bond acceptors (Lipinski definition) is 3. The summed E-state index contributed by atoms with van der Waals surface area (Å²) in [7, 11) is 0. The molecule has 0 saturated carbocycles. The standard InChI is InChI=1S/C24H39N3O/c1-19(2)7-6-13-27-14-12-22(10-11-24(27)28)25-15-17-26(18-16-25)23-9-5-8-20(3)21(23)4/h5,8-9,19,22H,6-7,10-18H2,1-4H3/t22-/m1/s1. The summed E-state index contributed by atoms with van der Waals surface area (Å²) in [6, 6.07) is 7.20. The van der Waals surface area contributed by atoms with E-state index >= 15 is 0 Å². The lowest BCUT2D eigenvalue weighted by molar-refractivity contribution is -0.130. The third-order valence-electron chi connectivity index (χ3n) is 6.73. The summed E-state index contributed by atoms with van der Waals surface area (Å²) >= 11 is 0. The maximum atomic E-state index is 12.5. The number of likely N-dealkylation sites (tertiary alicyclic amines) is 1. The Morgan fingerprint density at radius 3 is 2.50 bits per heavy atom. The number of anilines is 1. The summed E-state index contributed by atoms with van der Waals surface area (Å²) < 4.78 is 0. The van der Waals surface area contributed by atoms with Crippen LogP contribution >= 0.6 is 0 Å². The molecule has 1 aromatic rings. The van der Waals surface area contributed by atoms with Crippen molar-refractivity contribution < 1.29 is 4.79 Å². The summed E-state index contributed by atoms with van der Waals surface area (Å²) in [5.74, 6) is 1.10. The third-order valence-corrected chi connectivity index (χ3v) is 6.73. The number of hydrogen-bond donors (Lipinski definition) is 0. The Labute approximate surface area is 171 Å². The van der Waals surface area contributed by atoms with Gasteiger partial charge in [0.1, 0.15) is 0 Å². The lowest BCUT2D eigenvalue weighted by Gasteiger charge is -2.40. The third kappa shape index (κ3) is 5.28. The number of amides is 1. The zero-order valence-corrected chi connectivity index (χ0v) is 18.4. The van der Waals surface area contributed by atoms with Gasteiger partial charge in [-0.3, -0.25) is 9.69 Å². The predicted molar refractivity (Wildman–Crippen MR) is 118 cm³/mol.